The number of benzene rings is 4. The van der Waals surface area contributed by atoms with Crippen LogP contribution in [0.1, 0.15) is 93.3 Å². The number of carboxylic acids is 1. The van der Waals surface area contributed by atoms with Crippen LogP contribution in [0.5, 0.6) is 5.75 Å². The fourth-order valence-corrected chi connectivity index (χ4v) is 10.9. The Bertz CT molecular complexity index is 2350. The number of ether oxygens (including phenoxy) is 1. The van der Waals surface area contributed by atoms with Gasteiger partial charge < -0.3 is 29.4 Å². The van der Waals surface area contributed by atoms with Gasteiger partial charge in [0.05, 0.1) is 12.2 Å². The summed E-state index contributed by atoms with van der Waals surface area (Å²) in [5, 5.41) is 12.0. The molecule has 6 aliphatic rings. The van der Waals surface area contributed by atoms with Gasteiger partial charge in [-0.15, -0.1) is 0 Å². The van der Waals surface area contributed by atoms with Crippen LogP contribution in [0.2, 0.25) is 0 Å². The molecule has 60 heavy (non-hydrogen) atoms. The average molecular weight is 812 g/mol. The van der Waals surface area contributed by atoms with Crippen molar-refractivity contribution in [2.75, 3.05) is 62.2 Å². The predicted molar refractivity (Wildman–Crippen MR) is 224 cm³/mol. The molecule has 0 bridgehead atoms. The highest BCUT2D eigenvalue weighted by Crippen LogP contribution is 2.48. The number of imide groups is 1. The van der Waals surface area contributed by atoms with Crippen molar-refractivity contribution in [2.24, 2.45) is 11.3 Å². The molecule has 0 aromatic heterocycles. The first-order valence-electron chi connectivity index (χ1n) is 21.5. The second-order valence-corrected chi connectivity index (χ2v) is 17.9. The van der Waals surface area contributed by atoms with Crippen molar-refractivity contribution in [3.05, 3.63) is 124 Å². The first kappa shape index (κ1) is 38.5. The van der Waals surface area contributed by atoms with Gasteiger partial charge in [0.25, 0.3) is 5.91 Å². The highest BCUT2D eigenvalue weighted by Gasteiger charge is 2.46. The van der Waals surface area contributed by atoms with Crippen LogP contribution < -0.4 is 19.9 Å². The van der Waals surface area contributed by atoms with E-state index < -0.39 is 12.0 Å². The lowest BCUT2D eigenvalue weighted by Crippen LogP contribution is -2.60. The quantitative estimate of drug-likeness (QED) is 0.195. The van der Waals surface area contributed by atoms with Crippen LogP contribution in [0.3, 0.4) is 0 Å². The highest BCUT2D eigenvalue weighted by atomic mass is 19.1. The standard InChI is InChI=1S/C48H50FN5O6/c49-40-4-2-1-3-37(40)39-27-60-42-24-32(47(58)59)7-11-38(42)44(39)31-5-8-34(9-6-31)52-19-15-30(16-20-52)25-51-21-17-48(18-22-51)28-53(29-48)35-10-12-36-33(23-35)26-54(46(36)57)41-13-14-43(55)50-45(41)56/h1-12,23-24,30,39,41,44H,13-22,25-29H2,(H,58,59)(H,50,55,56)/t39-,41?,44-/m0/s1. The Balaban J connectivity index is 0.717. The molecule has 6 aliphatic heterocycles. The summed E-state index contributed by atoms with van der Waals surface area (Å²) in [6.07, 6.45) is 5.30. The van der Waals surface area contributed by atoms with Crippen molar-refractivity contribution in [2.45, 2.75) is 62.9 Å². The number of piperidine rings is 3. The van der Waals surface area contributed by atoms with E-state index >= 15 is 4.39 Å². The SMILES string of the molecule is O=C1CCC(N2Cc3cc(N4CC5(CCN(CC6CCN(c7ccc([C@H]8c9ccc(C(=O)O)cc9OC[C@H]8c8ccccc8F)cc7)CC6)CC5)C4)ccc3C2=O)C(=O)N1. The van der Waals surface area contributed by atoms with E-state index in [1.807, 2.05) is 30.3 Å². The van der Waals surface area contributed by atoms with E-state index in [2.05, 4.69) is 50.3 Å². The van der Waals surface area contributed by atoms with Crippen molar-refractivity contribution in [3.63, 3.8) is 0 Å². The molecule has 3 atom stereocenters. The summed E-state index contributed by atoms with van der Waals surface area (Å²) in [7, 11) is 0. The lowest BCUT2D eigenvalue weighted by atomic mass is 9.71. The van der Waals surface area contributed by atoms with E-state index in [0.29, 0.717) is 41.2 Å². The Morgan fingerprint density at radius 1 is 0.833 bits per heavy atom. The Kier molecular flexibility index (Phi) is 9.85. The van der Waals surface area contributed by atoms with Gasteiger partial charge in [-0.3, -0.25) is 19.7 Å². The summed E-state index contributed by atoms with van der Waals surface area (Å²) in [5.74, 6) is -1.31. The molecule has 4 saturated heterocycles. The molecular weight excluding hydrogens is 762 g/mol. The largest absolute Gasteiger partial charge is 0.493 e. The molecule has 6 heterocycles. The molecule has 4 fully saturated rings. The number of carbonyl (C=O) groups excluding carboxylic acids is 3. The van der Waals surface area contributed by atoms with Crippen molar-refractivity contribution in [1.29, 1.82) is 0 Å². The number of hydrogen-bond donors (Lipinski definition) is 2. The van der Waals surface area contributed by atoms with Crippen LogP contribution >= 0.6 is 0 Å². The molecule has 1 unspecified atom stereocenters. The molecule has 0 aliphatic carbocycles. The number of rotatable bonds is 8. The summed E-state index contributed by atoms with van der Waals surface area (Å²) in [4.78, 5) is 58.2. The van der Waals surface area contributed by atoms with E-state index in [-0.39, 0.29) is 54.0 Å². The summed E-state index contributed by atoms with van der Waals surface area (Å²) < 4.78 is 21.2. The zero-order valence-electron chi connectivity index (χ0n) is 33.7. The number of nitrogens with zero attached hydrogens (tertiary/aromatic N) is 4. The van der Waals surface area contributed by atoms with Gasteiger partial charge in [-0.2, -0.15) is 0 Å². The Labute approximate surface area is 349 Å². The lowest BCUT2D eigenvalue weighted by molar-refractivity contribution is -0.136. The van der Waals surface area contributed by atoms with E-state index in [1.165, 1.54) is 24.6 Å². The number of carbonyl (C=O) groups is 4. The average Bonchev–Trinajstić information content (AvgIpc) is 3.57. The van der Waals surface area contributed by atoms with Gasteiger partial charge in [0.1, 0.15) is 17.6 Å². The Morgan fingerprint density at radius 2 is 1.58 bits per heavy atom. The summed E-state index contributed by atoms with van der Waals surface area (Å²) in [5.41, 5.74) is 6.95. The molecule has 12 heteroatoms. The van der Waals surface area contributed by atoms with Gasteiger partial charge in [-0.05, 0) is 116 Å². The predicted octanol–water partition coefficient (Wildman–Crippen LogP) is 6.41. The normalized spacial score (nSPS) is 24.1. The van der Waals surface area contributed by atoms with Crippen molar-refractivity contribution >= 4 is 35.1 Å². The fourth-order valence-electron chi connectivity index (χ4n) is 10.9. The molecule has 4 aromatic rings. The van der Waals surface area contributed by atoms with E-state index in [9.17, 15) is 24.3 Å². The van der Waals surface area contributed by atoms with Gasteiger partial charge in [-0.25, -0.2) is 9.18 Å². The number of fused-ring (bicyclic) bond motifs is 2. The maximum Gasteiger partial charge on any atom is 0.335 e. The van der Waals surface area contributed by atoms with Gasteiger partial charge in [0, 0.05) is 85.4 Å². The second kappa shape index (κ2) is 15.4. The molecule has 10 rings (SSSR count). The Morgan fingerprint density at radius 3 is 2.32 bits per heavy atom. The monoisotopic (exact) mass is 811 g/mol. The first-order valence-corrected chi connectivity index (χ1v) is 21.5. The third-order valence-electron chi connectivity index (χ3n) is 14.3. The molecule has 2 N–H and O–H groups in total. The maximum absolute atomic E-state index is 15.2. The number of amides is 3. The molecule has 1 spiro atoms. The Hall–Kier alpha value is -5.75. The number of anilines is 2. The van der Waals surface area contributed by atoms with Crippen molar-refractivity contribution in [1.82, 2.24) is 15.1 Å². The molecule has 4 aromatic carbocycles. The number of carboxylic acid groups (broad SMARTS) is 1. The molecule has 0 radical (unpaired) electrons. The lowest BCUT2D eigenvalue weighted by Gasteiger charge is -2.55. The van der Waals surface area contributed by atoms with E-state index in [0.717, 1.165) is 81.0 Å². The zero-order chi connectivity index (χ0) is 41.1. The molecule has 11 nitrogen and oxygen atoms in total. The van der Waals surface area contributed by atoms with Crippen molar-refractivity contribution < 1.29 is 33.4 Å². The summed E-state index contributed by atoms with van der Waals surface area (Å²) in [6, 6.07) is 26.0. The van der Waals surface area contributed by atoms with Gasteiger partial charge >= 0.3 is 5.97 Å². The number of aromatic carboxylic acids is 1. The summed E-state index contributed by atoms with van der Waals surface area (Å²) in [6.45, 7) is 8.09. The van der Waals surface area contributed by atoms with E-state index in [4.69, 9.17) is 4.74 Å². The van der Waals surface area contributed by atoms with Gasteiger partial charge in [0.15, 0.2) is 0 Å². The maximum atomic E-state index is 15.2. The number of halogens is 1. The first-order chi connectivity index (χ1) is 29.1. The minimum absolute atomic E-state index is 0.130. The number of nitrogens with one attached hydrogen (secondary N) is 1. The topological polar surface area (TPSA) is 123 Å². The van der Waals surface area contributed by atoms with Crippen LogP contribution in [0.4, 0.5) is 15.8 Å². The highest BCUT2D eigenvalue weighted by molar-refractivity contribution is 6.05. The number of hydrogen-bond acceptors (Lipinski definition) is 8. The smallest absolute Gasteiger partial charge is 0.335 e. The minimum atomic E-state index is -1.01. The number of likely N-dealkylation sites (tertiary alicyclic amines) is 1. The van der Waals surface area contributed by atoms with Crippen LogP contribution in [0.15, 0.2) is 84.9 Å². The third-order valence-corrected chi connectivity index (χ3v) is 14.3. The molecular formula is C48H50FN5O6. The van der Waals surface area contributed by atoms with Crippen LogP contribution in [-0.2, 0) is 16.1 Å². The van der Waals surface area contributed by atoms with Crippen molar-refractivity contribution in [3.8, 4) is 5.75 Å². The summed E-state index contributed by atoms with van der Waals surface area (Å²) >= 11 is 0. The third kappa shape index (κ3) is 7.08. The zero-order valence-corrected chi connectivity index (χ0v) is 33.7. The minimum Gasteiger partial charge on any atom is -0.493 e. The van der Waals surface area contributed by atoms with Gasteiger partial charge in [0.2, 0.25) is 11.8 Å². The molecule has 3 amide bonds. The molecule has 0 saturated carbocycles. The van der Waals surface area contributed by atoms with Crippen LogP contribution in [0, 0.1) is 17.2 Å². The van der Waals surface area contributed by atoms with Crippen LogP contribution in [0.25, 0.3) is 0 Å². The second-order valence-electron chi connectivity index (χ2n) is 17.9. The van der Waals surface area contributed by atoms with Gasteiger partial charge in [-0.1, -0.05) is 36.4 Å². The molecule has 310 valence electrons. The fraction of sp³-hybridized carbons (Fsp3) is 0.417. The van der Waals surface area contributed by atoms with Crippen LogP contribution in [-0.4, -0.2) is 97.1 Å². The van der Waals surface area contributed by atoms with E-state index in [1.54, 1.807) is 23.1 Å².